The molecule has 2 nitrogen and oxygen atoms in total. The standard InChI is InChI=1S/C14H19BrFNO/c1-2-3-12-8-11(6-7-18-12)17-10-4-5-13(15)14(16)9-10/h4-5,9,11-12,17H,2-3,6-8H2,1H3. The summed E-state index contributed by atoms with van der Waals surface area (Å²) >= 11 is 3.16. The number of nitrogens with one attached hydrogen (secondary N) is 1. The SMILES string of the molecule is CCCC1CC(Nc2ccc(Br)c(F)c2)CCO1. The smallest absolute Gasteiger partial charge is 0.139 e. The molecule has 0 aliphatic carbocycles. The van der Waals surface area contributed by atoms with Crippen LogP contribution in [0.1, 0.15) is 32.6 Å². The molecule has 1 saturated heterocycles. The van der Waals surface area contributed by atoms with Gasteiger partial charge in [-0.1, -0.05) is 13.3 Å². The maximum Gasteiger partial charge on any atom is 0.139 e. The van der Waals surface area contributed by atoms with Crippen LogP contribution in [0.5, 0.6) is 0 Å². The number of rotatable bonds is 4. The van der Waals surface area contributed by atoms with Gasteiger partial charge in [-0.25, -0.2) is 4.39 Å². The van der Waals surface area contributed by atoms with Crippen LogP contribution < -0.4 is 5.32 Å². The van der Waals surface area contributed by atoms with Crippen LogP contribution in [0.4, 0.5) is 10.1 Å². The predicted octanol–water partition coefficient (Wildman–Crippen LogP) is 4.35. The average Bonchev–Trinajstić information content (AvgIpc) is 2.35. The topological polar surface area (TPSA) is 21.3 Å². The Morgan fingerprint density at radius 3 is 3.06 bits per heavy atom. The summed E-state index contributed by atoms with van der Waals surface area (Å²) < 4.78 is 19.6. The fourth-order valence-electron chi connectivity index (χ4n) is 2.36. The lowest BCUT2D eigenvalue weighted by Gasteiger charge is -2.30. The van der Waals surface area contributed by atoms with E-state index in [1.165, 1.54) is 6.07 Å². The Bertz CT molecular complexity index is 397. The van der Waals surface area contributed by atoms with E-state index >= 15 is 0 Å². The molecule has 2 unspecified atom stereocenters. The lowest BCUT2D eigenvalue weighted by atomic mass is 10.00. The van der Waals surface area contributed by atoms with Gasteiger partial charge in [-0.15, -0.1) is 0 Å². The number of hydrogen-bond acceptors (Lipinski definition) is 2. The van der Waals surface area contributed by atoms with Crippen molar-refractivity contribution in [3.8, 4) is 0 Å². The van der Waals surface area contributed by atoms with Crippen molar-refractivity contribution in [2.45, 2.75) is 44.8 Å². The quantitative estimate of drug-likeness (QED) is 0.892. The summed E-state index contributed by atoms with van der Waals surface area (Å²) in [5, 5.41) is 3.40. The number of anilines is 1. The molecule has 100 valence electrons. The third-order valence-electron chi connectivity index (χ3n) is 3.27. The molecule has 4 heteroatoms. The zero-order chi connectivity index (χ0) is 13.0. The lowest BCUT2D eigenvalue weighted by Crippen LogP contribution is -2.34. The van der Waals surface area contributed by atoms with Crippen LogP contribution in [0, 0.1) is 5.82 Å². The van der Waals surface area contributed by atoms with Gasteiger partial charge in [0.15, 0.2) is 0 Å². The summed E-state index contributed by atoms with van der Waals surface area (Å²) in [7, 11) is 0. The van der Waals surface area contributed by atoms with Gasteiger partial charge < -0.3 is 10.1 Å². The van der Waals surface area contributed by atoms with Crippen LogP contribution in [0.25, 0.3) is 0 Å². The van der Waals surface area contributed by atoms with Gasteiger partial charge in [0.2, 0.25) is 0 Å². The molecule has 1 aliphatic heterocycles. The first kappa shape index (κ1) is 13.8. The van der Waals surface area contributed by atoms with Gasteiger partial charge >= 0.3 is 0 Å². The molecule has 0 saturated carbocycles. The minimum Gasteiger partial charge on any atom is -0.382 e. The van der Waals surface area contributed by atoms with Crippen molar-refractivity contribution in [1.29, 1.82) is 0 Å². The molecule has 1 aromatic carbocycles. The van der Waals surface area contributed by atoms with Crippen molar-refractivity contribution in [2.75, 3.05) is 11.9 Å². The van der Waals surface area contributed by atoms with Gasteiger partial charge in [0.05, 0.1) is 10.6 Å². The van der Waals surface area contributed by atoms with E-state index in [1.54, 1.807) is 6.07 Å². The monoisotopic (exact) mass is 315 g/mol. The van der Waals surface area contributed by atoms with E-state index < -0.39 is 0 Å². The number of ether oxygens (including phenoxy) is 1. The normalized spacial score (nSPS) is 23.9. The number of halogens is 2. The highest BCUT2D eigenvalue weighted by Gasteiger charge is 2.21. The molecule has 2 rings (SSSR count). The van der Waals surface area contributed by atoms with Gasteiger partial charge in [0, 0.05) is 18.3 Å². The fourth-order valence-corrected chi connectivity index (χ4v) is 2.60. The number of hydrogen-bond donors (Lipinski definition) is 1. The lowest BCUT2D eigenvalue weighted by molar-refractivity contribution is 0.00598. The highest BCUT2D eigenvalue weighted by molar-refractivity contribution is 9.10. The first-order chi connectivity index (χ1) is 8.69. The molecule has 1 heterocycles. The molecule has 0 radical (unpaired) electrons. The van der Waals surface area contributed by atoms with Gasteiger partial charge in [-0.2, -0.15) is 0 Å². The summed E-state index contributed by atoms with van der Waals surface area (Å²) in [4.78, 5) is 0. The maximum atomic E-state index is 13.4. The molecule has 18 heavy (non-hydrogen) atoms. The zero-order valence-corrected chi connectivity index (χ0v) is 12.2. The van der Waals surface area contributed by atoms with E-state index in [0.29, 0.717) is 16.6 Å². The number of benzene rings is 1. The maximum absolute atomic E-state index is 13.4. The Hall–Kier alpha value is -0.610. The van der Waals surface area contributed by atoms with E-state index in [4.69, 9.17) is 4.74 Å². The van der Waals surface area contributed by atoms with Crippen molar-refractivity contribution in [2.24, 2.45) is 0 Å². The molecule has 1 N–H and O–H groups in total. The summed E-state index contributed by atoms with van der Waals surface area (Å²) in [5.74, 6) is -0.225. The van der Waals surface area contributed by atoms with Gasteiger partial charge in [-0.3, -0.25) is 0 Å². The Morgan fingerprint density at radius 1 is 1.50 bits per heavy atom. The van der Waals surface area contributed by atoms with Crippen LogP contribution in [-0.4, -0.2) is 18.8 Å². The molecule has 1 fully saturated rings. The third kappa shape index (κ3) is 3.69. The first-order valence-electron chi connectivity index (χ1n) is 6.52. The Labute approximate surface area is 116 Å². The Kier molecular flexibility index (Phi) is 5.01. The van der Waals surface area contributed by atoms with Crippen LogP contribution in [0.15, 0.2) is 22.7 Å². The summed E-state index contributed by atoms with van der Waals surface area (Å²) in [6, 6.07) is 5.56. The second kappa shape index (κ2) is 6.53. The van der Waals surface area contributed by atoms with Crippen molar-refractivity contribution in [3.05, 3.63) is 28.5 Å². The molecule has 0 aromatic heterocycles. The highest BCUT2D eigenvalue weighted by Crippen LogP contribution is 2.24. The molecule has 0 amide bonds. The molecular formula is C14H19BrFNO. The van der Waals surface area contributed by atoms with Crippen LogP contribution in [0.3, 0.4) is 0 Å². The van der Waals surface area contributed by atoms with Gasteiger partial charge in [-0.05, 0) is 53.4 Å². The second-order valence-corrected chi connectivity index (χ2v) is 5.63. The minimum absolute atomic E-state index is 0.225. The van der Waals surface area contributed by atoms with Crippen LogP contribution >= 0.6 is 15.9 Å². The summed E-state index contributed by atoms with van der Waals surface area (Å²) in [6.45, 7) is 2.96. The molecule has 2 atom stereocenters. The van der Waals surface area contributed by atoms with Crippen molar-refractivity contribution >= 4 is 21.6 Å². The molecule has 1 aliphatic rings. The van der Waals surface area contributed by atoms with E-state index in [1.807, 2.05) is 6.07 Å². The minimum atomic E-state index is -0.225. The van der Waals surface area contributed by atoms with E-state index in [-0.39, 0.29) is 5.82 Å². The summed E-state index contributed by atoms with van der Waals surface area (Å²) in [6.07, 6.45) is 4.59. The van der Waals surface area contributed by atoms with E-state index in [2.05, 4.69) is 28.2 Å². The van der Waals surface area contributed by atoms with Crippen molar-refractivity contribution in [1.82, 2.24) is 0 Å². The second-order valence-electron chi connectivity index (χ2n) is 4.78. The highest BCUT2D eigenvalue weighted by atomic mass is 79.9. The van der Waals surface area contributed by atoms with Gasteiger partial charge in [0.25, 0.3) is 0 Å². The molecule has 0 spiro atoms. The molecule has 1 aromatic rings. The first-order valence-corrected chi connectivity index (χ1v) is 7.31. The molecular weight excluding hydrogens is 297 g/mol. The fraction of sp³-hybridized carbons (Fsp3) is 0.571. The van der Waals surface area contributed by atoms with Crippen LogP contribution in [-0.2, 0) is 4.74 Å². The zero-order valence-electron chi connectivity index (χ0n) is 10.6. The largest absolute Gasteiger partial charge is 0.382 e. The van der Waals surface area contributed by atoms with Crippen molar-refractivity contribution in [3.63, 3.8) is 0 Å². The average molecular weight is 316 g/mol. The van der Waals surface area contributed by atoms with Crippen LogP contribution in [0.2, 0.25) is 0 Å². The predicted molar refractivity (Wildman–Crippen MR) is 75.4 cm³/mol. The van der Waals surface area contributed by atoms with E-state index in [9.17, 15) is 4.39 Å². The summed E-state index contributed by atoms with van der Waals surface area (Å²) in [5.41, 5.74) is 0.845. The van der Waals surface area contributed by atoms with Crippen molar-refractivity contribution < 1.29 is 9.13 Å². The Balaban J connectivity index is 1.93. The Morgan fingerprint density at radius 2 is 2.33 bits per heavy atom. The third-order valence-corrected chi connectivity index (χ3v) is 3.91. The van der Waals surface area contributed by atoms with Gasteiger partial charge in [0.1, 0.15) is 5.82 Å². The van der Waals surface area contributed by atoms with E-state index in [0.717, 1.165) is 38.0 Å². The molecule has 0 bridgehead atoms.